The molecule has 0 unspecified atom stereocenters. The van der Waals surface area contributed by atoms with Crippen molar-refractivity contribution in [3.05, 3.63) is 46.6 Å². The molecule has 3 aromatic heterocycles. The molecule has 0 atom stereocenters. The van der Waals surface area contributed by atoms with Crippen LogP contribution in [0.25, 0.3) is 0 Å². The van der Waals surface area contributed by atoms with Gasteiger partial charge in [-0.2, -0.15) is 0 Å². The summed E-state index contributed by atoms with van der Waals surface area (Å²) in [5.41, 5.74) is 2.09. The molecular weight excluding hydrogens is 398 g/mol. The molecule has 1 fully saturated rings. The number of piperidine rings is 1. The lowest BCUT2D eigenvalue weighted by Crippen LogP contribution is -2.34. The monoisotopic (exact) mass is 425 g/mol. The van der Waals surface area contributed by atoms with Crippen molar-refractivity contribution in [2.75, 3.05) is 25.5 Å². The van der Waals surface area contributed by atoms with Crippen molar-refractivity contribution in [1.29, 1.82) is 0 Å². The van der Waals surface area contributed by atoms with E-state index in [0.29, 0.717) is 11.9 Å². The van der Waals surface area contributed by atoms with E-state index < -0.39 is 0 Å². The smallest absolute Gasteiger partial charge is 0.316 e. The average molecular weight is 426 g/mol. The molecule has 9 heteroatoms. The molecule has 0 aromatic carbocycles. The van der Waals surface area contributed by atoms with Crippen molar-refractivity contribution in [1.82, 2.24) is 29.8 Å². The number of nitrogens with one attached hydrogen (secondary N) is 1. The lowest BCUT2D eigenvalue weighted by Gasteiger charge is -2.31. The van der Waals surface area contributed by atoms with Gasteiger partial charge in [0.2, 0.25) is 0 Å². The fourth-order valence-electron chi connectivity index (χ4n) is 3.70. The summed E-state index contributed by atoms with van der Waals surface area (Å²) in [5, 5.41) is 4.18. The van der Waals surface area contributed by atoms with Crippen molar-refractivity contribution in [3.63, 3.8) is 0 Å². The Bertz CT molecular complexity index is 968. The molecule has 0 bridgehead atoms. The highest BCUT2D eigenvalue weighted by molar-refractivity contribution is 7.15. The molecule has 0 aliphatic carbocycles. The number of aryl methyl sites for hydroxylation is 2. The second kappa shape index (κ2) is 9.44. The molecule has 3 aromatic rings. The number of rotatable bonds is 7. The number of hydrogen-bond donors (Lipinski definition) is 1. The molecule has 0 radical (unpaired) electrons. The molecular formula is C21H27N7OS. The summed E-state index contributed by atoms with van der Waals surface area (Å²) < 4.78 is 5.03. The molecule has 0 spiro atoms. The molecule has 4 rings (SSSR count). The zero-order valence-corrected chi connectivity index (χ0v) is 18.4. The summed E-state index contributed by atoms with van der Waals surface area (Å²) >= 11 is 1.63. The van der Waals surface area contributed by atoms with Crippen LogP contribution in [0.2, 0.25) is 0 Å². The van der Waals surface area contributed by atoms with Gasteiger partial charge in [0.05, 0.1) is 7.11 Å². The van der Waals surface area contributed by atoms with E-state index in [1.165, 1.54) is 4.88 Å². The predicted octanol–water partition coefficient (Wildman–Crippen LogP) is 3.55. The van der Waals surface area contributed by atoms with Crippen molar-refractivity contribution < 1.29 is 4.74 Å². The standard InChI is InChI=1S/C21H27N7OS/c1-14-8-18(27-21-24-10-15(2)30-21)26-19(25-14)9-16-4-6-28(7-5-16)13-17-11-22-20(29-3)23-12-17/h8,10-12,16H,4-7,9,13H2,1-3H3,(H,24,25,26,27). The highest BCUT2D eigenvalue weighted by Crippen LogP contribution is 2.24. The lowest BCUT2D eigenvalue weighted by atomic mass is 9.93. The van der Waals surface area contributed by atoms with Gasteiger partial charge >= 0.3 is 6.01 Å². The van der Waals surface area contributed by atoms with Crippen LogP contribution in [0.15, 0.2) is 24.7 Å². The predicted molar refractivity (Wildman–Crippen MR) is 117 cm³/mol. The first kappa shape index (κ1) is 20.6. The average Bonchev–Trinajstić information content (AvgIpc) is 3.14. The third kappa shape index (κ3) is 5.48. The first-order chi connectivity index (χ1) is 14.6. The fourth-order valence-corrected chi connectivity index (χ4v) is 4.37. The molecule has 0 saturated carbocycles. The maximum absolute atomic E-state index is 5.03. The van der Waals surface area contributed by atoms with Gasteiger partial charge in [0, 0.05) is 53.8 Å². The minimum Gasteiger partial charge on any atom is -0.467 e. The Hall–Kier alpha value is -2.65. The Labute approximate surface area is 180 Å². The van der Waals surface area contributed by atoms with Crippen molar-refractivity contribution in [3.8, 4) is 6.01 Å². The molecule has 4 heterocycles. The summed E-state index contributed by atoms with van der Waals surface area (Å²) in [6.45, 7) is 7.06. The van der Waals surface area contributed by atoms with Gasteiger partial charge in [-0.1, -0.05) is 0 Å². The van der Waals surface area contributed by atoms with Gasteiger partial charge in [0.25, 0.3) is 0 Å². The number of aromatic nitrogens is 5. The number of methoxy groups -OCH3 is 1. The van der Waals surface area contributed by atoms with Crippen molar-refractivity contribution in [2.45, 2.75) is 39.7 Å². The van der Waals surface area contributed by atoms with E-state index >= 15 is 0 Å². The van der Waals surface area contributed by atoms with Crippen LogP contribution in [0.3, 0.4) is 0 Å². The van der Waals surface area contributed by atoms with Crippen molar-refractivity contribution in [2.24, 2.45) is 5.92 Å². The molecule has 1 N–H and O–H groups in total. The SMILES string of the molecule is COc1ncc(CN2CCC(Cc3nc(C)cc(Nc4ncc(C)s4)n3)CC2)cn1. The molecule has 1 aliphatic rings. The fraction of sp³-hybridized carbons (Fsp3) is 0.476. The molecule has 30 heavy (non-hydrogen) atoms. The van der Waals surface area contributed by atoms with Gasteiger partial charge in [0.1, 0.15) is 11.6 Å². The van der Waals surface area contributed by atoms with Crippen LogP contribution in [0.4, 0.5) is 10.9 Å². The largest absolute Gasteiger partial charge is 0.467 e. The number of nitrogens with zero attached hydrogens (tertiary/aromatic N) is 6. The van der Waals surface area contributed by atoms with Crippen molar-refractivity contribution >= 4 is 22.3 Å². The van der Waals surface area contributed by atoms with E-state index in [2.05, 4.69) is 30.2 Å². The Morgan fingerprint density at radius 1 is 1.10 bits per heavy atom. The van der Waals surface area contributed by atoms with Gasteiger partial charge < -0.3 is 10.1 Å². The minimum absolute atomic E-state index is 0.412. The Morgan fingerprint density at radius 3 is 2.53 bits per heavy atom. The first-order valence-electron chi connectivity index (χ1n) is 10.2. The van der Waals surface area contributed by atoms with Crippen LogP contribution in [0.5, 0.6) is 6.01 Å². The zero-order chi connectivity index (χ0) is 20.9. The van der Waals surface area contributed by atoms with Crippen LogP contribution >= 0.6 is 11.3 Å². The Balaban J connectivity index is 1.31. The van der Waals surface area contributed by atoms with Gasteiger partial charge in [0.15, 0.2) is 5.13 Å². The summed E-state index contributed by atoms with van der Waals surface area (Å²) in [5.74, 6) is 2.33. The van der Waals surface area contributed by atoms with E-state index in [4.69, 9.17) is 9.72 Å². The van der Waals surface area contributed by atoms with E-state index in [0.717, 1.165) is 66.9 Å². The zero-order valence-electron chi connectivity index (χ0n) is 17.6. The first-order valence-corrected chi connectivity index (χ1v) is 11.0. The number of hydrogen-bond acceptors (Lipinski definition) is 9. The van der Waals surface area contributed by atoms with Crippen LogP contribution < -0.4 is 10.1 Å². The van der Waals surface area contributed by atoms with E-state index in [-0.39, 0.29) is 0 Å². The van der Waals surface area contributed by atoms with Crippen LogP contribution in [-0.2, 0) is 13.0 Å². The minimum atomic E-state index is 0.412. The van der Waals surface area contributed by atoms with E-state index in [1.807, 2.05) is 38.5 Å². The normalized spacial score (nSPS) is 15.3. The lowest BCUT2D eigenvalue weighted by molar-refractivity contribution is 0.175. The summed E-state index contributed by atoms with van der Waals surface area (Å²) in [6.07, 6.45) is 8.75. The summed E-state index contributed by atoms with van der Waals surface area (Å²) in [4.78, 5) is 25.8. The van der Waals surface area contributed by atoms with Gasteiger partial charge in [-0.3, -0.25) is 4.90 Å². The third-order valence-electron chi connectivity index (χ3n) is 5.21. The number of thiazole rings is 1. The topological polar surface area (TPSA) is 89.0 Å². The molecule has 0 amide bonds. The van der Waals surface area contributed by atoms with Gasteiger partial charge in [-0.25, -0.2) is 24.9 Å². The number of anilines is 2. The second-order valence-corrected chi connectivity index (χ2v) is 8.95. The van der Waals surface area contributed by atoms with Crippen LogP contribution in [0, 0.1) is 19.8 Å². The highest BCUT2D eigenvalue weighted by Gasteiger charge is 2.21. The molecule has 1 aliphatic heterocycles. The van der Waals surface area contributed by atoms with Gasteiger partial charge in [-0.05, 0) is 45.7 Å². The Kier molecular flexibility index (Phi) is 6.49. The maximum atomic E-state index is 5.03. The van der Waals surface area contributed by atoms with Crippen LogP contribution in [0.1, 0.15) is 34.8 Å². The summed E-state index contributed by atoms with van der Waals surface area (Å²) in [6, 6.07) is 2.38. The van der Waals surface area contributed by atoms with Crippen LogP contribution in [-0.4, -0.2) is 50.0 Å². The second-order valence-electron chi connectivity index (χ2n) is 7.71. The summed E-state index contributed by atoms with van der Waals surface area (Å²) in [7, 11) is 1.58. The molecule has 1 saturated heterocycles. The molecule has 158 valence electrons. The molecule has 8 nitrogen and oxygen atoms in total. The number of ether oxygens (including phenoxy) is 1. The highest BCUT2D eigenvalue weighted by atomic mass is 32.1. The van der Waals surface area contributed by atoms with E-state index in [9.17, 15) is 0 Å². The van der Waals surface area contributed by atoms with E-state index in [1.54, 1.807) is 18.4 Å². The maximum Gasteiger partial charge on any atom is 0.316 e. The quantitative estimate of drug-likeness (QED) is 0.615. The third-order valence-corrected chi connectivity index (χ3v) is 6.03. The Morgan fingerprint density at radius 2 is 1.87 bits per heavy atom. The van der Waals surface area contributed by atoms with Gasteiger partial charge in [-0.15, -0.1) is 11.3 Å². The number of likely N-dealkylation sites (tertiary alicyclic amines) is 1.